The highest BCUT2D eigenvalue weighted by Gasteiger charge is 2.32. The van der Waals surface area contributed by atoms with Crippen molar-refractivity contribution in [2.75, 3.05) is 0 Å². The Hall–Kier alpha value is -1.33. The monoisotopic (exact) mass is 399 g/mol. The van der Waals surface area contributed by atoms with E-state index in [4.69, 9.17) is 27.4 Å². The van der Waals surface area contributed by atoms with Crippen molar-refractivity contribution in [2.24, 2.45) is 17.6 Å². The van der Waals surface area contributed by atoms with E-state index in [0.717, 1.165) is 36.6 Å². The van der Waals surface area contributed by atoms with Crippen molar-refractivity contribution in [2.45, 2.75) is 57.3 Å². The van der Waals surface area contributed by atoms with Gasteiger partial charge in [-0.05, 0) is 79.1 Å². The number of hydrogen-bond donors (Lipinski definition) is 3. The van der Waals surface area contributed by atoms with E-state index in [2.05, 4.69) is 36.4 Å². The first-order chi connectivity index (χ1) is 13.5. The van der Waals surface area contributed by atoms with Crippen LogP contribution in [-0.4, -0.2) is 23.2 Å². The standard InChI is InChI=1S/C23H31BClNO2/c25-22-11-9-19(10-12-22)20-5-3-4-17(14-20)7-8-18-15-21(16-18)23(26)6-1-2-13-24(27)28/h3-5,9-12,14,18,21,23,27-28H,1-2,6-8,13,15-16,26H2. The zero-order chi connectivity index (χ0) is 19.9. The minimum absolute atomic E-state index is 0.264. The highest BCUT2D eigenvalue weighted by Crippen LogP contribution is 2.39. The van der Waals surface area contributed by atoms with Crippen LogP contribution in [0.1, 0.15) is 44.1 Å². The van der Waals surface area contributed by atoms with Crippen molar-refractivity contribution in [3.8, 4) is 11.1 Å². The van der Waals surface area contributed by atoms with Crippen LogP contribution < -0.4 is 5.73 Å². The number of benzene rings is 2. The number of hydrogen-bond acceptors (Lipinski definition) is 3. The molecule has 1 unspecified atom stereocenters. The largest absolute Gasteiger partial charge is 0.451 e. The Morgan fingerprint density at radius 3 is 2.50 bits per heavy atom. The highest BCUT2D eigenvalue weighted by atomic mass is 35.5. The lowest BCUT2D eigenvalue weighted by atomic mass is 9.68. The van der Waals surface area contributed by atoms with E-state index in [1.807, 2.05) is 12.1 Å². The Kier molecular flexibility index (Phi) is 7.98. The van der Waals surface area contributed by atoms with Crippen LogP contribution in [0, 0.1) is 11.8 Å². The molecule has 1 saturated carbocycles. The lowest BCUT2D eigenvalue weighted by molar-refractivity contribution is 0.147. The fourth-order valence-corrected chi connectivity index (χ4v) is 4.36. The molecule has 3 nitrogen and oxygen atoms in total. The number of rotatable bonds is 10. The molecule has 0 aliphatic heterocycles. The van der Waals surface area contributed by atoms with Crippen LogP contribution in [-0.2, 0) is 6.42 Å². The third-order valence-electron chi connectivity index (χ3n) is 6.07. The molecule has 0 spiro atoms. The summed E-state index contributed by atoms with van der Waals surface area (Å²) >= 11 is 5.99. The second kappa shape index (κ2) is 10.5. The van der Waals surface area contributed by atoms with E-state index in [0.29, 0.717) is 12.2 Å². The van der Waals surface area contributed by atoms with Crippen molar-refractivity contribution in [3.63, 3.8) is 0 Å². The quantitative estimate of drug-likeness (QED) is 0.392. The number of nitrogens with two attached hydrogens (primary N) is 1. The third kappa shape index (κ3) is 6.35. The van der Waals surface area contributed by atoms with Crippen molar-refractivity contribution >= 4 is 18.7 Å². The van der Waals surface area contributed by atoms with Crippen LogP contribution >= 0.6 is 11.6 Å². The molecular formula is C23H31BClNO2. The molecule has 5 heteroatoms. The van der Waals surface area contributed by atoms with Gasteiger partial charge < -0.3 is 15.8 Å². The molecule has 3 rings (SSSR count). The Morgan fingerprint density at radius 1 is 1.04 bits per heavy atom. The van der Waals surface area contributed by atoms with Crippen LogP contribution in [0.2, 0.25) is 11.3 Å². The van der Waals surface area contributed by atoms with Crippen LogP contribution in [0.3, 0.4) is 0 Å². The average Bonchev–Trinajstić information content (AvgIpc) is 2.64. The summed E-state index contributed by atoms with van der Waals surface area (Å²) in [5, 5.41) is 18.5. The number of halogens is 1. The molecule has 0 radical (unpaired) electrons. The van der Waals surface area contributed by atoms with E-state index in [9.17, 15) is 0 Å². The Morgan fingerprint density at radius 2 is 1.79 bits per heavy atom. The smallest absolute Gasteiger partial charge is 0.427 e. The van der Waals surface area contributed by atoms with Gasteiger partial charge in [0.2, 0.25) is 0 Å². The third-order valence-corrected chi connectivity index (χ3v) is 6.33. The summed E-state index contributed by atoms with van der Waals surface area (Å²) < 4.78 is 0. The molecule has 0 saturated heterocycles. The van der Waals surface area contributed by atoms with Crippen molar-refractivity contribution in [1.29, 1.82) is 0 Å². The Bertz CT molecular complexity index is 732. The molecule has 0 amide bonds. The molecule has 2 aromatic rings. The van der Waals surface area contributed by atoms with Gasteiger partial charge in [0.05, 0.1) is 0 Å². The summed E-state index contributed by atoms with van der Waals surface area (Å²) in [6.07, 6.45) is 8.08. The lowest BCUT2D eigenvalue weighted by Gasteiger charge is -2.39. The first-order valence-electron chi connectivity index (χ1n) is 10.5. The SMILES string of the molecule is NC(CCCCB(O)O)C1CC(CCc2cccc(-c3ccc(Cl)cc3)c2)C1. The van der Waals surface area contributed by atoms with Crippen molar-refractivity contribution < 1.29 is 10.0 Å². The molecule has 0 heterocycles. The van der Waals surface area contributed by atoms with Crippen molar-refractivity contribution in [1.82, 2.24) is 0 Å². The number of unbranched alkanes of at least 4 members (excludes halogenated alkanes) is 1. The second-order valence-corrected chi connectivity index (χ2v) is 8.71. The van der Waals surface area contributed by atoms with E-state index in [1.54, 1.807) is 0 Å². The predicted octanol–water partition coefficient (Wildman–Crippen LogP) is 4.94. The van der Waals surface area contributed by atoms with Crippen LogP contribution in [0.5, 0.6) is 0 Å². The van der Waals surface area contributed by atoms with E-state index in [1.165, 1.54) is 36.0 Å². The minimum atomic E-state index is -1.18. The summed E-state index contributed by atoms with van der Waals surface area (Å²) in [5.74, 6) is 1.43. The van der Waals surface area contributed by atoms with E-state index in [-0.39, 0.29) is 6.04 Å². The van der Waals surface area contributed by atoms with Crippen molar-refractivity contribution in [3.05, 3.63) is 59.1 Å². The van der Waals surface area contributed by atoms with Crippen LogP contribution in [0.4, 0.5) is 0 Å². The second-order valence-electron chi connectivity index (χ2n) is 8.27. The van der Waals surface area contributed by atoms with Gasteiger partial charge in [-0.1, -0.05) is 60.8 Å². The van der Waals surface area contributed by atoms with Gasteiger partial charge in [0, 0.05) is 11.1 Å². The fraction of sp³-hybridized carbons (Fsp3) is 0.478. The van der Waals surface area contributed by atoms with Gasteiger partial charge in [-0.15, -0.1) is 0 Å². The van der Waals surface area contributed by atoms with Gasteiger partial charge in [0.1, 0.15) is 0 Å². The Labute approximate surface area is 174 Å². The average molecular weight is 400 g/mol. The van der Waals surface area contributed by atoms with Gasteiger partial charge in [0.15, 0.2) is 0 Å². The predicted molar refractivity (Wildman–Crippen MR) is 118 cm³/mol. The summed E-state index contributed by atoms with van der Waals surface area (Å²) in [6.45, 7) is 0. The normalized spacial score (nSPS) is 19.9. The molecule has 1 aliphatic carbocycles. The molecule has 1 fully saturated rings. The van der Waals surface area contributed by atoms with Gasteiger partial charge in [-0.25, -0.2) is 0 Å². The van der Waals surface area contributed by atoms with E-state index >= 15 is 0 Å². The summed E-state index contributed by atoms with van der Waals surface area (Å²) in [5.41, 5.74) is 10.2. The fourth-order valence-electron chi connectivity index (χ4n) is 4.23. The molecule has 4 N–H and O–H groups in total. The zero-order valence-electron chi connectivity index (χ0n) is 16.4. The first kappa shape index (κ1) is 21.4. The Balaban J connectivity index is 1.39. The topological polar surface area (TPSA) is 66.5 Å². The maximum atomic E-state index is 8.88. The first-order valence-corrected chi connectivity index (χ1v) is 10.9. The molecule has 28 heavy (non-hydrogen) atoms. The van der Waals surface area contributed by atoms with Gasteiger partial charge >= 0.3 is 7.12 Å². The molecule has 2 aromatic carbocycles. The maximum Gasteiger partial charge on any atom is 0.451 e. The summed E-state index contributed by atoms with van der Waals surface area (Å²) in [6, 6.07) is 17.1. The summed E-state index contributed by atoms with van der Waals surface area (Å²) in [7, 11) is -1.18. The van der Waals surface area contributed by atoms with Gasteiger partial charge in [-0.3, -0.25) is 0 Å². The molecule has 1 atom stereocenters. The zero-order valence-corrected chi connectivity index (χ0v) is 17.2. The molecule has 0 aromatic heterocycles. The lowest BCUT2D eigenvalue weighted by Crippen LogP contribution is -2.39. The molecular weight excluding hydrogens is 369 g/mol. The van der Waals surface area contributed by atoms with Crippen LogP contribution in [0.15, 0.2) is 48.5 Å². The van der Waals surface area contributed by atoms with Gasteiger partial charge in [0.25, 0.3) is 0 Å². The molecule has 1 aliphatic rings. The summed E-state index contributed by atoms with van der Waals surface area (Å²) in [4.78, 5) is 0. The number of aryl methyl sites for hydroxylation is 1. The molecule has 0 bridgehead atoms. The molecule has 150 valence electrons. The minimum Gasteiger partial charge on any atom is -0.427 e. The van der Waals surface area contributed by atoms with E-state index < -0.39 is 7.12 Å². The van der Waals surface area contributed by atoms with Crippen LogP contribution in [0.25, 0.3) is 11.1 Å². The van der Waals surface area contributed by atoms with Gasteiger partial charge in [-0.2, -0.15) is 0 Å². The maximum absolute atomic E-state index is 8.88. The highest BCUT2D eigenvalue weighted by molar-refractivity contribution is 6.40.